The average Bonchev–Trinajstić information content (AvgIpc) is 3.26. The minimum Gasteiger partial charge on any atom is -0.462 e. The molecule has 6 nitrogen and oxygen atoms in total. The molecule has 350 valence electrons. The van der Waals surface area contributed by atoms with Gasteiger partial charge in [-0.1, -0.05) is 184 Å². The molecule has 1 atom stereocenters. The minimum atomic E-state index is -0.802. The average molecular weight is 851 g/mol. The van der Waals surface area contributed by atoms with Gasteiger partial charge in [0, 0.05) is 19.3 Å². The van der Waals surface area contributed by atoms with Gasteiger partial charge in [-0.15, -0.1) is 0 Å². The van der Waals surface area contributed by atoms with Gasteiger partial charge in [0.25, 0.3) is 0 Å². The van der Waals surface area contributed by atoms with Crippen LogP contribution in [0.15, 0.2) is 72.9 Å². The van der Waals surface area contributed by atoms with Gasteiger partial charge < -0.3 is 14.2 Å². The van der Waals surface area contributed by atoms with Crippen LogP contribution in [0.25, 0.3) is 0 Å². The van der Waals surface area contributed by atoms with Crippen molar-refractivity contribution in [3.05, 3.63) is 72.9 Å². The second kappa shape index (κ2) is 49.5. The Labute approximate surface area is 376 Å². The summed E-state index contributed by atoms with van der Waals surface area (Å²) in [7, 11) is 0. The van der Waals surface area contributed by atoms with Gasteiger partial charge in [-0.2, -0.15) is 0 Å². The van der Waals surface area contributed by atoms with E-state index >= 15 is 0 Å². The van der Waals surface area contributed by atoms with Crippen molar-refractivity contribution in [2.45, 2.75) is 245 Å². The highest BCUT2D eigenvalue weighted by atomic mass is 16.6. The first kappa shape index (κ1) is 57.9. The number of unbranched alkanes of at least 4 members (excludes halogenated alkanes) is 22. The lowest BCUT2D eigenvalue weighted by Gasteiger charge is -2.18. The third-order valence-electron chi connectivity index (χ3n) is 10.7. The highest BCUT2D eigenvalue weighted by molar-refractivity contribution is 5.71. The molecule has 0 fully saturated rings. The Hall–Kier alpha value is -3.15. The molecule has 0 heterocycles. The molecule has 0 unspecified atom stereocenters. The highest BCUT2D eigenvalue weighted by Gasteiger charge is 2.19. The molecule has 0 aliphatic carbocycles. The van der Waals surface area contributed by atoms with Crippen LogP contribution in [-0.4, -0.2) is 37.2 Å². The van der Waals surface area contributed by atoms with Crippen LogP contribution in [0, 0.1) is 0 Å². The number of carbonyl (C=O) groups is 3. The molecule has 0 N–H and O–H groups in total. The van der Waals surface area contributed by atoms with Gasteiger partial charge in [-0.3, -0.25) is 14.4 Å². The van der Waals surface area contributed by atoms with Crippen molar-refractivity contribution in [3.63, 3.8) is 0 Å². The molecule has 0 spiro atoms. The Morgan fingerprint density at radius 1 is 0.344 bits per heavy atom. The van der Waals surface area contributed by atoms with Gasteiger partial charge in [-0.25, -0.2) is 0 Å². The molecule has 0 aliphatic heterocycles. The normalized spacial score (nSPS) is 12.6. The second-order valence-corrected chi connectivity index (χ2v) is 16.7. The van der Waals surface area contributed by atoms with Crippen LogP contribution in [0.5, 0.6) is 0 Å². The predicted octanol–water partition coefficient (Wildman–Crippen LogP) is 16.6. The fourth-order valence-corrected chi connectivity index (χ4v) is 6.83. The Morgan fingerprint density at radius 2 is 0.639 bits per heavy atom. The van der Waals surface area contributed by atoms with Crippen molar-refractivity contribution in [2.75, 3.05) is 13.2 Å². The summed E-state index contributed by atoms with van der Waals surface area (Å²) in [5.74, 6) is -0.958. The van der Waals surface area contributed by atoms with Crippen molar-refractivity contribution in [1.29, 1.82) is 0 Å². The number of carbonyl (C=O) groups excluding carboxylic acids is 3. The Balaban J connectivity index is 4.48. The SMILES string of the molecule is CC/C=C\C/C=C\C/C=C\C/C=C\CCCCC(=O)O[C@@H](COC(=O)CCCCCCC/C=C\CCCCCC)COC(=O)CCCCCCC/C=C\CCCCCCCC. The third-order valence-corrected chi connectivity index (χ3v) is 10.7. The van der Waals surface area contributed by atoms with E-state index < -0.39 is 6.10 Å². The zero-order valence-electron chi connectivity index (χ0n) is 39.9. The lowest BCUT2D eigenvalue weighted by atomic mass is 10.1. The highest BCUT2D eigenvalue weighted by Crippen LogP contribution is 2.13. The number of ether oxygens (including phenoxy) is 3. The molecule has 0 aromatic carbocycles. The molecule has 0 radical (unpaired) electrons. The van der Waals surface area contributed by atoms with Gasteiger partial charge in [-0.05, 0) is 109 Å². The van der Waals surface area contributed by atoms with Gasteiger partial charge in [0.1, 0.15) is 13.2 Å². The van der Waals surface area contributed by atoms with Crippen LogP contribution < -0.4 is 0 Å². The predicted molar refractivity (Wildman–Crippen MR) is 261 cm³/mol. The zero-order chi connectivity index (χ0) is 44.4. The van der Waals surface area contributed by atoms with E-state index in [0.29, 0.717) is 19.3 Å². The maximum atomic E-state index is 12.8. The second-order valence-electron chi connectivity index (χ2n) is 16.7. The molecular formula is C55H94O6. The molecule has 0 amide bonds. The van der Waals surface area contributed by atoms with Gasteiger partial charge in [0.2, 0.25) is 0 Å². The molecule has 0 aliphatic rings. The first-order valence-electron chi connectivity index (χ1n) is 25.4. The Kier molecular flexibility index (Phi) is 46.9. The summed E-state index contributed by atoms with van der Waals surface area (Å²) in [5, 5.41) is 0. The van der Waals surface area contributed by atoms with Crippen molar-refractivity contribution in [1.82, 2.24) is 0 Å². The van der Waals surface area contributed by atoms with Gasteiger partial charge >= 0.3 is 17.9 Å². The van der Waals surface area contributed by atoms with Crippen LogP contribution in [0.3, 0.4) is 0 Å². The molecular weight excluding hydrogens is 757 g/mol. The van der Waals surface area contributed by atoms with E-state index in [1.165, 1.54) is 103 Å². The van der Waals surface area contributed by atoms with Gasteiger partial charge in [0.05, 0.1) is 0 Å². The fraction of sp³-hybridized carbons (Fsp3) is 0.727. The smallest absolute Gasteiger partial charge is 0.306 e. The summed E-state index contributed by atoms with van der Waals surface area (Å²) in [6, 6.07) is 0. The molecule has 0 saturated heterocycles. The quantitative estimate of drug-likeness (QED) is 0.0263. The van der Waals surface area contributed by atoms with Crippen LogP contribution in [0.4, 0.5) is 0 Å². The van der Waals surface area contributed by atoms with Crippen LogP contribution in [0.1, 0.15) is 239 Å². The van der Waals surface area contributed by atoms with E-state index in [-0.39, 0.29) is 37.5 Å². The monoisotopic (exact) mass is 851 g/mol. The summed E-state index contributed by atoms with van der Waals surface area (Å²) in [4.78, 5) is 37.9. The largest absolute Gasteiger partial charge is 0.462 e. The molecule has 0 aromatic heterocycles. The molecule has 0 rings (SSSR count). The van der Waals surface area contributed by atoms with Crippen LogP contribution >= 0.6 is 0 Å². The molecule has 0 saturated carbocycles. The maximum Gasteiger partial charge on any atom is 0.306 e. The minimum absolute atomic E-state index is 0.0991. The van der Waals surface area contributed by atoms with E-state index in [9.17, 15) is 14.4 Å². The van der Waals surface area contributed by atoms with E-state index in [4.69, 9.17) is 14.2 Å². The molecule has 0 bridgehead atoms. The van der Waals surface area contributed by atoms with E-state index in [1.807, 2.05) is 0 Å². The lowest BCUT2D eigenvalue weighted by molar-refractivity contribution is -0.167. The topological polar surface area (TPSA) is 78.9 Å². The van der Waals surface area contributed by atoms with Crippen LogP contribution in [-0.2, 0) is 28.6 Å². The number of hydrogen-bond acceptors (Lipinski definition) is 6. The van der Waals surface area contributed by atoms with Crippen LogP contribution in [0.2, 0.25) is 0 Å². The first-order valence-corrected chi connectivity index (χ1v) is 25.4. The Bertz CT molecular complexity index is 1160. The zero-order valence-corrected chi connectivity index (χ0v) is 39.9. The summed E-state index contributed by atoms with van der Waals surface area (Å²) in [6.07, 6.45) is 61.7. The summed E-state index contributed by atoms with van der Waals surface area (Å²) < 4.78 is 16.7. The fourth-order valence-electron chi connectivity index (χ4n) is 6.83. The lowest BCUT2D eigenvalue weighted by Crippen LogP contribution is -2.30. The number of hydrogen-bond donors (Lipinski definition) is 0. The van der Waals surface area contributed by atoms with Crippen molar-refractivity contribution in [3.8, 4) is 0 Å². The standard InChI is InChI=1S/C55H94O6/c1-4-7-10-13-16-19-22-25-27-30-33-36-39-42-45-48-54(57)60-51-52(50-59-53(56)47-44-41-38-35-32-29-24-21-18-15-12-9-6-3)61-55(58)49-46-43-40-37-34-31-28-26-23-20-17-14-11-8-5-2/h8,11,17,20-21,24-28,34,37,52H,4-7,9-10,12-16,18-19,22-23,29-33,35-36,38-51H2,1-3H3/b11-8-,20-17-,24-21-,27-25-,28-26-,37-34-/t52-/m0/s1. The third kappa shape index (κ3) is 47.7. The van der Waals surface area contributed by atoms with Crippen molar-refractivity contribution >= 4 is 17.9 Å². The van der Waals surface area contributed by atoms with Crippen molar-refractivity contribution < 1.29 is 28.6 Å². The summed E-state index contributed by atoms with van der Waals surface area (Å²) >= 11 is 0. The number of rotatable bonds is 45. The van der Waals surface area contributed by atoms with Gasteiger partial charge in [0.15, 0.2) is 6.10 Å². The molecule has 6 heteroatoms. The summed E-state index contributed by atoms with van der Waals surface area (Å²) in [6.45, 7) is 6.45. The number of allylic oxidation sites excluding steroid dienone is 12. The van der Waals surface area contributed by atoms with Crippen molar-refractivity contribution in [2.24, 2.45) is 0 Å². The number of esters is 3. The Morgan fingerprint density at radius 3 is 1.07 bits per heavy atom. The molecule has 61 heavy (non-hydrogen) atoms. The van der Waals surface area contributed by atoms with E-state index in [2.05, 4.69) is 93.7 Å². The first-order chi connectivity index (χ1) is 30.0. The molecule has 0 aromatic rings. The maximum absolute atomic E-state index is 12.8. The van der Waals surface area contributed by atoms with E-state index in [0.717, 1.165) is 89.9 Å². The van der Waals surface area contributed by atoms with E-state index in [1.54, 1.807) is 0 Å². The summed E-state index contributed by atoms with van der Waals surface area (Å²) in [5.41, 5.74) is 0.